The molecule has 4 heteroatoms. The molecular weight excluding hydrogens is 166 g/mol. The molecule has 0 spiro atoms. The third-order valence-corrected chi connectivity index (χ3v) is 2.52. The summed E-state index contributed by atoms with van der Waals surface area (Å²) in [6.45, 7) is 0.615. The Kier molecular flexibility index (Phi) is 2.06. The molecule has 2 aliphatic rings. The lowest BCUT2D eigenvalue weighted by atomic mass is 9.87. The largest absolute Gasteiger partial charge is 0.375 e. The van der Waals surface area contributed by atoms with Crippen LogP contribution in [0.25, 0.3) is 0 Å². The number of amides is 1. The minimum atomic E-state index is -0.271. The average molecular weight is 179 g/mol. The lowest BCUT2D eigenvalue weighted by molar-refractivity contribution is -0.121. The van der Waals surface area contributed by atoms with Gasteiger partial charge in [-0.3, -0.25) is 10.1 Å². The minimum Gasteiger partial charge on any atom is -0.375 e. The lowest BCUT2D eigenvalue weighted by Gasteiger charge is -2.34. The van der Waals surface area contributed by atoms with Gasteiger partial charge in [-0.1, -0.05) is 12.2 Å². The highest BCUT2D eigenvalue weighted by Crippen LogP contribution is 2.23. The highest BCUT2D eigenvalue weighted by atomic mass is 16.1. The third-order valence-electron chi connectivity index (χ3n) is 2.52. The lowest BCUT2D eigenvalue weighted by Crippen LogP contribution is -2.56. The molecule has 0 aromatic carbocycles. The second-order valence-electron chi connectivity index (χ2n) is 3.33. The van der Waals surface area contributed by atoms with E-state index in [9.17, 15) is 4.79 Å². The number of primary amides is 1. The van der Waals surface area contributed by atoms with Crippen LogP contribution in [0.4, 0.5) is 0 Å². The van der Waals surface area contributed by atoms with Crippen LogP contribution in [0.2, 0.25) is 0 Å². The van der Waals surface area contributed by atoms with E-state index in [1.807, 2.05) is 12.2 Å². The standard InChI is InChI=1S/C9H13N3O/c10-9(13)8-6-3-1-2-4-7(6)11-5-12-8/h1-2,4,6,8,11-12H,3,5H2,(H2,10,13). The van der Waals surface area contributed by atoms with E-state index in [0.717, 1.165) is 12.1 Å². The quantitative estimate of drug-likeness (QED) is 0.506. The molecule has 4 nitrogen and oxygen atoms in total. The van der Waals surface area contributed by atoms with Crippen LogP contribution in [0.1, 0.15) is 6.42 Å². The first-order valence-corrected chi connectivity index (χ1v) is 4.42. The van der Waals surface area contributed by atoms with Crippen LogP contribution < -0.4 is 16.4 Å². The molecule has 13 heavy (non-hydrogen) atoms. The maximum absolute atomic E-state index is 11.1. The molecule has 1 fully saturated rings. The Morgan fingerprint density at radius 2 is 2.46 bits per heavy atom. The highest BCUT2D eigenvalue weighted by molar-refractivity contribution is 5.81. The Hall–Kier alpha value is -1.29. The van der Waals surface area contributed by atoms with Crippen LogP contribution in [0.5, 0.6) is 0 Å². The van der Waals surface area contributed by atoms with Crippen molar-refractivity contribution < 1.29 is 4.79 Å². The van der Waals surface area contributed by atoms with Gasteiger partial charge in [0, 0.05) is 11.6 Å². The number of rotatable bonds is 1. The van der Waals surface area contributed by atoms with Crippen molar-refractivity contribution in [3.63, 3.8) is 0 Å². The van der Waals surface area contributed by atoms with Crippen LogP contribution in [0.3, 0.4) is 0 Å². The van der Waals surface area contributed by atoms with Crippen molar-refractivity contribution in [2.24, 2.45) is 11.7 Å². The van der Waals surface area contributed by atoms with E-state index >= 15 is 0 Å². The number of fused-ring (bicyclic) bond motifs is 1. The molecule has 0 radical (unpaired) electrons. The van der Waals surface area contributed by atoms with Crippen LogP contribution in [-0.2, 0) is 4.79 Å². The summed E-state index contributed by atoms with van der Waals surface area (Å²) in [7, 11) is 0. The molecule has 1 aliphatic heterocycles. The van der Waals surface area contributed by atoms with Gasteiger partial charge < -0.3 is 11.1 Å². The summed E-state index contributed by atoms with van der Waals surface area (Å²) in [5.41, 5.74) is 6.41. The van der Waals surface area contributed by atoms with E-state index in [0.29, 0.717) is 6.67 Å². The Labute approximate surface area is 76.9 Å². The molecule has 0 bridgehead atoms. The number of nitrogens with one attached hydrogen (secondary N) is 2. The predicted molar refractivity (Wildman–Crippen MR) is 49.5 cm³/mol. The molecule has 1 aliphatic carbocycles. The van der Waals surface area contributed by atoms with Gasteiger partial charge >= 0.3 is 0 Å². The fourth-order valence-electron chi connectivity index (χ4n) is 1.86. The van der Waals surface area contributed by atoms with Crippen molar-refractivity contribution >= 4 is 5.91 Å². The molecule has 2 unspecified atom stereocenters. The molecule has 1 saturated heterocycles. The Balaban J connectivity index is 2.20. The summed E-state index contributed by atoms with van der Waals surface area (Å²) < 4.78 is 0. The van der Waals surface area contributed by atoms with Crippen molar-refractivity contribution in [1.82, 2.24) is 10.6 Å². The highest BCUT2D eigenvalue weighted by Gasteiger charge is 2.32. The van der Waals surface area contributed by atoms with Crippen LogP contribution >= 0.6 is 0 Å². The molecule has 0 aromatic rings. The zero-order valence-corrected chi connectivity index (χ0v) is 7.29. The first-order chi connectivity index (χ1) is 6.29. The topological polar surface area (TPSA) is 67.2 Å². The molecular formula is C9H13N3O. The fourth-order valence-corrected chi connectivity index (χ4v) is 1.86. The monoisotopic (exact) mass is 179 g/mol. The number of hydrogen-bond donors (Lipinski definition) is 3. The van der Waals surface area contributed by atoms with Gasteiger partial charge in [-0.2, -0.15) is 0 Å². The van der Waals surface area contributed by atoms with Gasteiger partial charge in [0.05, 0.1) is 12.7 Å². The summed E-state index contributed by atoms with van der Waals surface area (Å²) in [6.07, 6.45) is 6.94. The summed E-state index contributed by atoms with van der Waals surface area (Å²) in [4.78, 5) is 11.1. The third kappa shape index (κ3) is 1.45. The molecule has 0 aromatic heterocycles. The molecule has 1 heterocycles. The predicted octanol–water partition coefficient (Wildman–Crippen LogP) is -0.549. The molecule has 2 rings (SSSR count). The smallest absolute Gasteiger partial charge is 0.235 e. The maximum Gasteiger partial charge on any atom is 0.235 e. The van der Waals surface area contributed by atoms with E-state index in [2.05, 4.69) is 16.7 Å². The van der Waals surface area contributed by atoms with Crippen LogP contribution in [0, 0.1) is 5.92 Å². The van der Waals surface area contributed by atoms with E-state index in [4.69, 9.17) is 5.73 Å². The van der Waals surface area contributed by atoms with Gasteiger partial charge in [0.2, 0.25) is 5.91 Å². The summed E-state index contributed by atoms with van der Waals surface area (Å²) in [5.74, 6) is -0.0797. The van der Waals surface area contributed by atoms with Crippen molar-refractivity contribution in [2.75, 3.05) is 6.67 Å². The van der Waals surface area contributed by atoms with Gasteiger partial charge in [0.1, 0.15) is 0 Å². The van der Waals surface area contributed by atoms with Gasteiger partial charge in [0.25, 0.3) is 0 Å². The molecule has 0 saturated carbocycles. The molecule has 2 atom stereocenters. The van der Waals surface area contributed by atoms with E-state index in [1.54, 1.807) is 0 Å². The van der Waals surface area contributed by atoms with Crippen molar-refractivity contribution in [2.45, 2.75) is 12.5 Å². The summed E-state index contributed by atoms with van der Waals surface area (Å²) in [6, 6.07) is -0.225. The first kappa shape index (κ1) is 8.31. The molecule has 1 amide bonds. The molecule has 4 N–H and O–H groups in total. The van der Waals surface area contributed by atoms with Crippen molar-refractivity contribution in [1.29, 1.82) is 0 Å². The molecule has 70 valence electrons. The number of allylic oxidation sites excluding steroid dienone is 3. The van der Waals surface area contributed by atoms with E-state index in [1.165, 1.54) is 0 Å². The number of nitrogens with two attached hydrogens (primary N) is 1. The average Bonchev–Trinajstić information content (AvgIpc) is 2.17. The number of carbonyl (C=O) groups is 1. The van der Waals surface area contributed by atoms with Gasteiger partial charge in [-0.15, -0.1) is 0 Å². The summed E-state index contributed by atoms with van der Waals surface area (Å²) >= 11 is 0. The van der Waals surface area contributed by atoms with Crippen LogP contribution in [-0.4, -0.2) is 18.6 Å². The van der Waals surface area contributed by atoms with Gasteiger partial charge in [-0.25, -0.2) is 0 Å². The van der Waals surface area contributed by atoms with Gasteiger partial charge in [-0.05, 0) is 12.5 Å². The number of hydrogen-bond acceptors (Lipinski definition) is 3. The SMILES string of the molecule is NC(=O)C1NCNC2=CC=CCC21. The number of carbonyl (C=O) groups excluding carboxylic acids is 1. The zero-order chi connectivity index (χ0) is 9.26. The Morgan fingerprint density at radius 3 is 3.23 bits per heavy atom. The zero-order valence-electron chi connectivity index (χ0n) is 7.29. The second-order valence-corrected chi connectivity index (χ2v) is 3.33. The van der Waals surface area contributed by atoms with Crippen molar-refractivity contribution in [3.8, 4) is 0 Å². The minimum absolute atomic E-state index is 0.191. The summed E-state index contributed by atoms with van der Waals surface area (Å²) in [5, 5.41) is 6.25. The van der Waals surface area contributed by atoms with E-state index < -0.39 is 0 Å². The maximum atomic E-state index is 11.1. The fraction of sp³-hybridized carbons (Fsp3) is 0.444. The Bertz CT molecular complexity index is 283. The first-order valence-electron chi connectivity index (χ1n) is 4.42. The Morgan fingerprint density at radius 1 is 1.62 bits per heavy atom. The second kappa shape index (κ2) is 3.22. The van der Waals surface area contributed by atoms with Crippen molar-refractivity contribution in [3.05, 3.63) is 23.9 Å². The van der Waals surface area contributed by atoms with Gasteiger partial charge in [0.15, 0.2) is 0 Å². The van der Waals surface area contributed by atoms with Crippen LogP contribution in [0.15, 0.2) is 23.9 Å². The normalized spacial score (nSPS) is 31.5. The van der Waals surface area contributed by atoms with E-state index in [-0.39, 0.29) is 17.9 Å².